The highest BCUT2D eigenvalue weighted by atomic mass is 16.5. The quantitative estimate of drug-likeness (QED) is 0.477. The summed E-state index contributed by atoms with van der Waals surface area (Å²) in [4.78, 5) is 23.9. The van der Waals surface area contributed by atoms with Gasteiger partial charge in [0.15, 0.2) is 0 Å². The fourth-order valence-corrected chi connectivity index (χ4v) is 2.16. The second-order valence-corrected chi connectivity index (χ2v) is 5.51. The minimum atomic E-state index is -1.24. The summed E-state index contributed by atoms with van der Waals surface area (Å²) in [5, 5.41) is 16.0. The Hall–Kier alpha value is -1.34. The van der Waals surface area contributed by atoms with Crippen molar-refractivity contribution in [3.63, 3.8) is 0 Å². The van der Waals surface area contributed by atoms with E-state index in [-0.39, 0.29) is 5.92 Å². The van der Waals surface area contributed by atoms with Gasteiger partial charge in [0, 0.05) is 0 Å². The number of carboxylic acids is 1. The maximum Gasteiger partial charge on any atom is 0.315 e. The zero-order valence-corrected chi connectivity index (χ0v) is 12.2. The number of hydrogen-bond acceptors (Lipinski definition) is 4. The third-order valence-corrected chi connectivity index (χ3v) is 3.26. The molecule has 1 atom stereocenters. The fraction of sp³-hybridized carbons (Fsp3) is 0.846. The summed E-state index contributed by atoms with van der Waals surface area (Å²) < 4.78 is 5.25. The van der Waals surface area contributed by atoms with E-state index in [2.05, 4.69) is 10.6 Å². The Kier molecular flexibility index (Phi) is 7.32. The first-order valence-electron chi connectivity index (χ1n) is 7.15. The molecule has 0 aromatic heterocycles. The van der Waals surface area contributed by atoms with E-state index in [0.29, 0.717) is 13.0 Å². The van der Waals surface area contributed by atoms with Gasteiger partial charge in [0.2, 0.25) is 0 Å². The van der Waals surface area contributed by atoms with Gasteiger partial charge >= 0.3 is 6.03 Å². The lowest BCUT2D eigenvalue weighted by Crippen LogP contribution is -3.14. The zero-order chi connectivity index (χ0) is 15.0. The summed E-state index contributed by atoms with van der Waals surface area (Å²) in [7, 11) is 0. The highest BCUT2D eigenvalue weighted by Gasteiger charge is 2.16. The first-order valence-corrected chi connectivity index (χ1v) is 7.15. The first kappa shape index (κ1) is 16.7. The van der Waals surface area contributed by atoms with Crippen LogP contribution in [0.15, 0.2) is 0 Å². The lowest BCUT2D eigenvalue weighted by molar-refractivity contribution is -0.906. The van der Waals surface area contributed by atoms with Crippen LogP contribution < -0.4 is 20.6 Å². The number of carboxylic acid groups (broad SMARTS) is 1. The SMILES string of the molecule is CC(C)C[C@H](NC(=O)NCC[NH+]1CCOCC1)C(=O)[O-]. The van der Waals surface area contributed by atoms with Crippen molar-refractivity contribution in [1.82, 2.24) is 10.6 Å². The summed E-state index contributed by atoms with van der Waals surface area (Å²) in [5.74, 6) is -1.07. The Labute approximate surface area is 119 Å². The van der Waals surface area contributed by atoms with Crippen molar-refractivity contribution in [3.05, 3.63) is 0 Å². The lowest BCUT2D eigenvalue weighted by atomic mass is 10.0. The van der Waals surface area contributed by atoms with E-state index in [9.17, 15) is 14.7 Å². The molecule has 0 aromatic carbocycles. The van der Waals surface area contributed by atoms with Crippen molar-refractivity contribution < 1.29 is 24.3 Å². The second-order valence-electron chi connectivity index (χ2n) is 5.51. The Balaban J connectivity index is 2.21. The molecule has 0 unspecified atom stereocenters. The Morgan fingerprint density at radius 2 is 1.95 bits per heavy atom. The smallest absolute Gasteiger partial charge is 0.315 e. The van der Waals surface area contributed by atoms with E-state index in [1.807, 2.05) is 13.8 Å². The maximum atomic E-state index is 11.6. The minimum absolute atomic E-state index is 0.177. The van der Waals surface area contributed by atoms with Crippen LogP contribution in [0, 0.1) is 5.92 Å². The Bertz CT molecular complexity index is 317. The molecule has 7 nitrogen and oxygen atoms in total. The van der Waals surface area contributed by atoms with Gasteiger partial charge in [-0.3, -0.25) is 0 Å². The number of amides is 2. The number of rotatable bonds is 7. The lowest BCUT2D eigenvalue weighted by Gasteiger charge is -2.24. The highest BCUT2D eigenvalue weighted by molar-refractivity contribution is 5.81. The third kappa shape index (κ3) is 6.72. The minimum Gasteiger partial charge on any atom is -0.548 e. The molecule has 2 amide bonds. The van der Waals surface area contributed by atoms with Crippen LogP contribution in [-0.4, -0.2) is 57.4 Å². The van der Waals surface area contributed by atoms with Crippen LogP contribution >= 0.6 is 0 Å². The molecule has 116 valence electrons. The van der Waals surface area contributed by atoms with E-state index < -0.39 is 18.0 Å². The topological polar surface area (TPSA) is 94.9 Å². The van der Waals surface area contributed by atoms with E-state index in [1.54, 1.807) is 0 Å². The van der Waals surface area contributed by atoms with Gasteiger partial charge < -0.3 is 30.2 Å². The molecule has 0 aromatic rings. The molecule has 1 heterocycles. The van der Waals surface area contributed by atoms with Crippen LogP contribution in [-0.2, 0) is 9.53 Å². The average molecular weight is 287 g/mol. The second kappa shape index (κ2) is 8.76. The van der Waals surface area contributed by atoms with Crippen LogP contribution in [0.5, 0.6) is 0 Å². The molecule has 3 N–H and O–H groups in total. The predicted molar refractivity (Wildman–Crippen MR) is 71.2 cm³/mol. The summed E-state index contributed by atoms with van der Waals surface area (Å²) in [6, 6.07) is -1.39. The molecule has 7 heteroatoms. The van der Waals surface area contributed by atoms with E-state index >= 15 is 0 Å². The maximum absolute atomic E-state index is 11.6. The van der Waals surface area contributed by atoms with Crippen molar-refractivity contribution >= 4 is 12.0 Å². The van der Waals surface area contributed by atoms with Crippen molar-refractivity contribution in [1.29, 1.82) is 0 Å². The summed E-state index contributed by atoms with van der Waals surface area (Å²) in [6.07, 6.45) is 0.366. The molecule has 1 aliphatic rings. The average Bonchev–Trinajstić information content (AvgIpc) is 2.38. The van der Waals surface area contributed by atoms with E-state index in [0.717, 1.165) is 32.8 Å². The normalized spacial score (nSPS) is 17.8. The molecule has 0 spiro atoms. The van der Waals surface area contributed by atoms with Gasteiger partial charge in [-0.25, -0.2) is 4.79 Å². The van der Waals surface area contributed by atoms with Gasteiger partial charge in [-0.15, -0.1) is 0 Å². The molecule has 1 aliphatic heterocycles. The largest absolute Gasteiger partial charge is 0.548 e. The number of aliphatic carboxylic acids is 1. The first-order chi connectivity index (χ1) is 9.49. The summed E-state index contributed by atoms with van der Waals surface area (Å²) in [6.45, 7) is 8.52. The van der Waals surface area contributed by atoms with Crippen LogP contribution in [0.1, 0.15) is 20.3 Å². The van der Waals surface area contributed by atoms with E-state index in [4.69, 9.17) is 4.74 Å². The van der Waals surface area contributed by atoms with Crippen LogP contribution in [0.25, 0.3) is 0 Å². The summed E-state index contributed by atoms with van der Waals surface area (Å²) in [5.41, 5.74) is 0. The monoisotopic (exact) mass is 287 g/mol. The standard InChI is InChI=1S/C13H25N3O4/c1-10(2)9-11(12(17)18)15-13(19)14-3-4-16-5-7-20-8-6-16/h10-11H,3-9H2,1-2H3,(H,17,18)(H2,14,15,19)/t11-/m0/s1. The van der Waals surface area contributed by atoms with E-state index in [1.165, 1.54) is 4.90 Å². The number of urea groups is 1. The van der Waals surface area contributed by atoms with Gasteiger partial charge in [0.1, 0.15) is 13.1 Å². The van der Waals surface area contributed by atoms with Gasteiger partial charge in [-0.2, -0.15) is 0 Å². The van der Waals surface area contributed by atoms with Crippen molar-refractivity contribution in [2.45, 2.75) is 26.3 Å². The number of quaternary nitrogens is 1. The van der Waals surface area contributed by atoms with Crippen LogP contribution in [0.2, 0.25) is 0 Å². The number of carbonyl (C=O) groups is 2. The molecule has 0 bridgehead atoms. The fourth-order valence-electron chi connectivity index (χ4n) is 2.16. The number of carbonyl (C=O) groups excluding carboxylic acids is 2. The third-order valence-electron chi connectivity index (χ3n) is 3.26. The number of hydrogen-bond donors (Lipinski definition) is 3. The molecule has 1 saturated heterocycles. The molecule has 0 saturated carbocycles. The number of ether oxygens (including phenoxy) is 1. The van der Waals surface area contributed by atoms with Crippen molar-refractivity contribution in [2.75, 3.05) is 39.4 Å². The van der Waals surface area contributed by atoms with Crippen molar-refractivity contribution in [2.24, 2.45) is 5.92 Å². The van der Waals surface area contributed by atoms with Gasteiger partial charge in [-0.05, 0) is 12.3 Å². The number of nitrogens with one attached hydrogen (secondary N) is 3. The molecule has 1 rings (SSSR count). The molecule has 20 heavy (non-hydrogen) atoms. The van der Waals surface area contributed by atoms with Crippen LogP contribution in [0.4, 0.5) is 4.79 Å². The molecule has 0 radical (unpaired) electrons. The molecule has 1 fully saturated rings. The predicted octanol–water partition coefficient (Wildman–Crippen LogP) is -2.63. The van der Waals surface area contributed by atoms with Crippen LogP contribution in [0.3, 0.4) is 0 Å². The highest BCUT2D eigenvalue weighted by Crippen LogP contribution is 2.03. The molecule has 0 aliphatic carbocycles. The van der Waals surface area contributed by atoms with Gasteiger partial charge in [-0.1, -0.05) is 13.8 Å². The molecular formula is C13H25N3O4. The summed E-state index contributed by atoms with van der Waals surface area (Å²) >= 11 is 0. The Morgan fingerprint density at radius 3 is 2.50 bits per heavy atom. The number of morpholine rings is 1. The molecular weight excluding hydrogens is 262 g/mol. The van der Waals surface area contributed by atoms with Crippen molar-refractivity contribution in [3.8, 4) is 0 Å². The van der Waals surface area contributed by atoms with Gasteiger partial charge in [0.05, 0.1) is 38.3 Å². The van der Waals surface area contributed by atoms with Gasteiger partial charge in [0.25, 0.3) is 0 Å². The zero-order valence-electron chi connectivity index (χ0n) is 12.2. The Morgan fingerprint density at radius 1 is 1.30 bits per heavy atom.